The van der Waals surface area contributed by atoms with Gasteiger partial charge < -0.3 is 24.1 Å². The molecule has 1 heterocycles. The first-order chi connectivity index (χ1) is 10.5. The van der Waals surface area contributed by atoms with Crippen LogP contribution in [0.2, 0.25) is 0 Å². The van der Waals surface area contributed by atoms with Gasteiger partial charge in [0.2, 0.25) is 0 Å². The zero-order valence-corrected chi connectivity index (χ0v) is 13.6. The summed E-state index contributed by atoms with van der Waals surface area (Å²) in [6, 6.07) is 7.85. The average molecular weight is 310 g/mol. The van der Waals surface area contributed by atoms with Crippen molar-refractivity contribution in [3.8, 4) is 5.75 Å². The summed E-state index contributed by atoms with van der Waals surface area (Å²) in [4.78, 5) is 0. The van der Waals surface area contributed by atoms with E-state index < -0.39 is 5.79 Å². The Morgan fingerprint density at radius 3 is 2.45 bits per heavy atom. The third-order valence-corrected chi connectivity index (χ3v) is 3.67. The summed E-state index contributed by atoms with van der Waals surface area (Å²) in [5.41, 5.74) is 1.12. The molecule has 2 rings (SSSR count). The van der Waals surface area contributed by atoms with Crippen LogP contribution in [0, 0.1) is 0 Å². The lowest BCUT2D eigenvalue weighted by atomic mass is 10.1. The van der Waals surface area contributed by atoms with E-state index in [0.717, 1.165) is 24.2 Å². The molecule has 5 heteroatoms. The van der Waals surface area contributed by atoms with Gasteiger partial charge in [0.1, 0.15) is 11.9 Å². The summed E-state index contributed by atoms with van der Waals surface area (Å²) in [7, 11) is 1.65. The molecule has 0 aliphatic carbocycles. The predicted octanol–water partition coefficient (Wildman–Crippen LogP) is 2.50. The lowest BCUT2D eigenvalue weighted by molar-refractivity contribution is -0.149. The zero-order valence-electron chi connectivity index (χ0n) is 13.6. The minimum absolute atomic E-state index is 0.0131. The molecule has 1 aromatic rings. The standard InChI is InChI=1S/C17H26O5/c1-17(2)21-15(16(11-18)22-17)5-4-10-20-12-13-6-8-14(19-3)9-7-13/h6-9,15-16,18H,4-5,10-12H2,1-3H3/t15-,16+/m0/s1. The first kappa shape index (κ1) is 17.2. The minimum Gasteiger partial charge on any atom is -0.497 e. The molecule has 0 radical (unpaired) electrons. The third-order valence-electron chi connectivity index (χ3n) is 3.67. The highest BCUT2D eigenvalue weighted by Gasteiger charge is 2.40. The van der Waals surface area contributed by atoms with Gasteiger partial charge in [-0.1, -0.05) is 12.1 Å². The van der Waals surface area contributed by atoms with Crippen LogP contribution in [0.5, 0.6) is 5.75 Å². The molecule has 0 spiro atoms. The normalized spacial score (nSPS) is 23.6. The van der Waals surface area contributed by atoms with Gasteiger partial charge in [-0.3, -0.25) is 0 Å². The van der Waals surface area contributed by atoms with E-state index in [4.69, 9.17) is 18.9 Å². The van der Waals surface area contributed by atoms with Gasteiger partial charge in [-0.2, -0.15) is 0 Å². The fourth-order valence-corrected chi connectivity index (χ4v) is 2.61. The molecule has 5 nitrogen and oxygen atoms in total. The first-order valence-corrected chi connectivity index (χ1v) is 7.71. The van der Waals surface area contributed by atoms with Gasteiger partial charge in [0.25, 0.3) is 0 Å². The quantitative estimate of drug-likeness (QED) is 0.748. The maximum absolute atomic E-state index is 9.32. The Morgan fingerprint density at radius 1 is 1.14 bits per heavy atom. The fourth-order valence-electron chi connectivity index (χ4n) is 2.61. The van der Waals surface area contributed by atoms with E-state index in [0.29, 0.717) is 13.2 Å². The maximum atomic E-state index is 9.32. The first-order valence-electron chi connectivity index (χ1n) is 7.71. The topological polar surface area (TPSA) is 57.2 Å². The number of methoxy groups -OCH3 is 1. The number of aliphatic hydroxyl groups is 1. The smallest absolute Gasteiger partial charge is 0.163 e. The second-order valence-corrected chi connectivity index (χ2v) is 5.94. The molecule has 0 bridgehead atoms. The number of aliphatic hydroxyl groups excluding tert-OH is 1. The Morgan fingerprint density at radius 2 is 1.82 bits per heavy atom. The molecule has 0 saturated carbocycles. The van der Waals surface area contributed by atoms with Crippen LogP contribution >= 0.6 is 0 Å². The molecule has 1 aliphatic heterocycles. The van der Waals surface area contributed by atoms with E-state index in [2.05, 4.69) is 0 Å². The number of rotatable bonds is 8. The summed E-state index contributed by atoms with van der Waals surface area (Å²) >= 11 is 0. The SMILES string of the molecule is COc1ccc(COCCC[C@@H]2OC(C)(C)O[C@@H]2CO)cc1. The van der Waals surface area contributed by atoms with Crippen LogP contribution in [-0.4, -0.2) is 43.4 Å². The van der Waals surface area contributed by atoms with Crippen molar-refractivity contribution in [1.82, 2.24) is 0 Å². The van der Waals surface area contributed by atoms with Gasteiger partial charge in [-0.15, -0.1) is 0 Å². The average Bonchev–Trinajstić information content (AvgIpc) is 2.81. The zero-order chi connectivity index (χ0) is 16.0. The minimum atomic E-state index is -0.609. The molecule has 0 amide bonds. The number of hydrogen-bond donors (Lipinski definition) is 1. The van der Waals surface area contributed by atoms with E-state index in [-0.39, 0.29) is 18.8 Å². The van der Waals surface area contributed by atoms with Crippen molar-refractivity contribution in [2.75, 3.05) is 20.3 Å². The van der Waals surface area contributed by atoms with Gasteiger partial charge >= 0.3 is 0 Å². The Kier molecular flexibility index (Phi) is 6.20. The fraction of sp³-hybridized carbons (Fsp3) is 0.647. The van der Waals surface area contributed by atoms with E-state index in [1.165, 1.54) is 0 Å². The number of hydrogen-bond acceptors (Lipinski definition) is 5. The molecule has 1 N–H and O–H groups in total. The molecule has 0 aromatic heterocycles. The Balaban J connectivity index is 1.64. The number of ether oxygens (including phenoxy) is 4. The summed E-state index contributed by atoms with van der Waals surface area (Å²) in [6.45, 7) is 4.97. The number of benzene rings is 1. The van der Waals surface area contributed by atoms with Crippen molar-refractivity contribution in [1.29, 1.82) is 0 Å². The van der Waals surface area contributed by atoms with Crippen molar-refractivity contribution < 1.29 is 24.1 Å². The highest BCUT2D eigenvalue weighted by atomic mass is 16.8. The van der Waals surface area contributed by atoms with Crippen LogP contribution < -0.4 is 4.74 Å². The van der Waals surface area contributed by atoms with Crippen molar-refractivity contribution in [3.05, 3.63) is 29.8 Å². The largest absolute Gasteiger partial charge is 0.497 e. The molecule has 2 atom stereocenters. The Labute approximate surface area is 132 Å². The lowest BCUT2D eigenvalue weighted by Gasteiger charge is -2.16. The van der Waals surface area contributed by atoms with Gasteiger partial charge in [-0.25, -0.2) is 0 Å². The van der Waals surface area contributed by atoms with Gasteiger partial charge in [0, 0.05) is 6.61 Å². The Hall–Kier alpha value is -1.14. The second-order valence-electron chi connectivity index (χ2n) is 5.94. The van der Waals surface area contributed by atoms with E-state index in [1.54, 1.807) is 7.11 Å². The molecule has 0 unspecified atom stereocenters. The summed E-state index contributed by atoms with van der Waals surface area (Å²) in [6.07, 6.45) is 1.38. The van der Waals surface area contributed by atoms with Crippen LogP contribution in [0.1, 0.15) is 32.3 Å². The van der Waals surface area contributed by atoms with E-state index in [9.17, 15) is 5.11 Å². The highest BCUT2D eigenvalue weighted by Crippen LogP contribution is 2.30. The van der Waals surface area contributed by atoms with Gasteiger partial charge in [0.15, 0.2) is 5.79 Å². The molecule has 1 saturated heterocycles. The van der Waals surface area contributed by atoms with Crippen molar-refractivity contribution in [2.24, 2.45) is 0 Å². The molecular formula is C17H26O5. The second kappa shape index (κ2) is 7.92. The summed E-state index contributed by atoms with van der Waals surface area (Å²) in [5.74, 6) is 0.238. The van der Waals surface area contributed by atoms with Crippen LogP contribution in [0.25, 0.3) is 0 Å². The van der Waals surface area contributed by atoms with Crippen molar-refractivity contribution in [3.63, 3.8) is 0 Å². The van der Waals surface area contributed by atoms with Crippen LogP contribution in [-0.2, 0) is 20.8 Å². The third kappa shape index (κ3) is 4.95. The maximum Gasteiger partial charge on any atom is 0.163 e. The van der Waals surface area contributed by atoms with E-state index >= 15 is 0 Å². The molecule has 1 aromatic carbocycles. The van der Waals surface area contributed by atoms with Crippen LogP contribution in [0.3, 0.4) is 0 Å². The van der Waals surface area contributed by atoms with Crippen molar-refractivity contribution in [2.45, 2.75) is 51.3 Å². The highest BCUT2D eigenvalue weighted by molar-refractivity contribution is 5.26. The molecule has 22 heavy (non-hydrogen) atoms. The molecular weight excluding hydrogens is 284 g/mol. The molecule has 124 valence electrons. The summed E-state index contributed by atoms with van der Waals surface area (Å²) in [5, 5.41) is 9.32. The van der Waals surface area contributed by atoms with Gasteiger partial charge in [0.05, 0.1) is 26.4 Å². The van der Waals surface area contributed by atoms with Crippen LogP contribution in [0.4, 0.5) is 0 Å². The van der Waals surface area contributed by atoms with Crippen molar-refractivity contribution >= 4 is 0 Å². The van der Waals surface area contributed by atoms with E-state index in [1.807, 2.05) is 38.1 Å². The lowest BCUT2D eigenvalue weighted by Crippen LogP contribution is -2.26. The summed E-state index contributed by atoms with van der Waals surface area (Å²) < 4.78 is 22.2. The monoisotopic (exact) mass is 310 g/mol. The Bertz CT molecular complexity index is 443. The van der Waals surface area contributed by atoms with Gasteiger partial charge in [-0.05, 0) is 44.4 Å². The molecule has 1 aliphatic rings. The van der Waals surface area contributed by atoms with Crippen LogP contribution in [0.15, 0.2) is 24.3 Å². The molecule has 1 fully saturated rings. The predicted molar refractivity (Wildman–Crippen MR) is 82.8 cm³/mol.